The molecule has 0 radical (unpaired) electrons. The number of ether oxygens (including phenoxy) is 2. The molecular formula is C22H23N3O5. The first-order valence-electron chi connectivity index (χ1n) is 9.60. The van der Waals surface area contributed by atoms with Crippen LogP contribution in [0, 0.1) is 0 Å². The molecule has 30 heavy (non-hydrogen) atoms. The Labute approximate surface area is 172 Å². The van der Waals surface area contributed by atoms with Gasteiger partial charge in [0.05, 0.1) is 26.3 Å². The number of methoxy groups -OCH3 is 2. The number of fused-ring (bicyclic) bond motifs is 1. The van der Waals surface area contributed by atoms with E-state index < -0.39 is 5.69 Å². The highest BCUT2D eigenvalue weighted by Gasteiger charge is 2.24. The van der Waals surface area contributed by atoms with Crippen molar-refractivity contribution < 1.29 is 19.4 Å². The van der Waals surface area contributed by atoms with Crippen LogP contribution in [0.25, 0.3) is 11.1 Å². The standard InChI is InChI=1S/C22H23N3O5/c1-29-18-6-5-14(10-19(18)30-2)12-3-4-13-8-16(9-15(13)7-12)23-20(26)11-17-21(27)25-22(28)24-17/h3-7,10,16,27H,8-9,11H2,1-2H3,(H,23,26)(H2,24,25,28). The fourth-order valence-corrected chi connectivity index (χ4v) is 3.89. The van der Waals surface area contributed by atoms with E-state index >= 15 is 0 Å². The molecule has 1 aromatic heterocycles. The van der Waals surface area contributed by atoms with Crippen molar-refractivity contribution in [3.05, 3.63) is 63.7 Å². The van der Waals surface area contributed by atoms with Crippen molar-refractivity contribution in [2.75, 3.05) is 14.2 Å². The van der Waals surface area contributed by atoms with Crippen molar-refractivity contribution in [2.24, 2.45) is 0 Å². The van der Waals surface area contributed by atoms with Crippen LogP contribution in [-0.4, -0.2) is 41.2 Å². The minimum atomic E-state index is -0.536. The van der Waals surface area contributed by atoms with Crippen LogP contribution in [-0.2, 0) is 24.1 Å². The zero-order valence-corrected chi connectivity index (χ0v) is 16.7. The van der Waals surface area contributed by atoms with Gasteiger partial charge >= 0.3 is 5.69 Å². The third-order valence-corrected chi connectivity index (χ3v) is 5.34. The van der Waals surface area contributed by atoms with Crippen LogP contribution >= 0.6 is 0 Å². The van der Waals surface area contributed by atoms with Crippen molar-refractivity contribution >= 4 is 5.91 Å². The molecule has 0 saturated carbocycles. The Morgan fingerprint density at radius 1 is 1.03 bits per heavy atom. The minimum absolute atomic E-state index is 0.0269. The van der Waals surface area contributed by atoms with Gasteiger partial charge in [-0.05, 0) is 47.2 Å². The summed E-state index contributed by atoms with van der Waals surface area (Å²) in [6.45, 7) is 0. The first kappa shape index (κ1) is 19.6. The molecule has 3 aromatic rings. The summed E-state index contributed by atoms with van der Waals surface area (Å²) in [5, 5.41) is 12.6. The monoisotopic (exact) mass is 409 g/mol. The average Bonchev–Trinajstić information content (AvgIpc) is 3.27. The Morgan fingerprint density at radius 3 is 2.43 bits per heavy atom. The Hall–Kier alpha value is -3.68. The molecule has 1 amide bonds. The second-order valence-corrected chi connectivity index (χ2v) is 7.31. The molecule has 1 aliphatic rings. The molecule has 4 rings (SSSR count). The normalized spacial score (nSPS) is 14.9. The van der Waals surface area contributed by atoms with E-state index in [2.05, 4.69) is 33.5 Å². The van der Waals surface area contributed by atoms with Gasteiger partial charge in [0.15, 0.2) is 11.5 Å². The summed E-state index contributed by atoms with van der Waals surface area (Å²) in [7, 11) is 3.22. The molecule has 8 nitrogen and oxygen atoms in total. The van der Waals surface area contributed by atoms with Crippen LogP contribution in [0.1, 0.15) is 16.8 Å². The number of aromatic nitrogens is 2. The fourth-order valence-electron chi connectivity index (χ4n) is 3.89. The summed E-state index contributed by atoms with van der Waals surface area (Å²) in [6, 6.07) is 12.1. The number of nitrogens with one attached hydrogen (secondary N) is 3. The van der Waals surface area contributed by atoms with Crippen LogP contribution in [0.5, 0.6) is 17.4 Å². The van der Waals surface area contributed by atoms with Gasteiger partial charge in [0, 0.05) is 6.04 Å². The van der Waals surface area contributed by atoms with E-state index in [1.165, 1.54) is 11.1 Å². The van der Waals surface area contributed by atoms with E-state index in [0.29, 0.717) is 11.5 Å². The summed E-state index contributed by atoms with van der Waals surface area (Å²) < 4.78 is 10.7. The molecule has 0 bridgehead atoms. The molecule has 4 N–H and O–H groups in total. The lowest BCUT2D eigenvalue weighted by molar-refractivity contribution is -0.121. The van der Waals surface area contributed by atoms with Gasteiger partial charge in [-0.3, -0.25) is 9.78 Å². The Bertz CT molecular complexity index is 1150. The van der Waals surface area contributed by atoms with Gasteiger partial charge in [-0.1, -0.05) is 24.3 Å². The van der Waals surface area contributed by atoms with E-state index in [1.54, 1.807) is 14.2 Å². The number of imidazole rings is 1. The second-order valence-electron chi connectivity index (χ2n) is 7.31. The predicted molar refractivity (Wildman–Crippen MR) is 111 cm³/mol. The van der Waals surface area contributed by atoms with E-state index in [1.807, 2.05) is 18.2 Å². The van der Waals surface area contributed by atoms with Gasteiger partial charge in [0.25, 0.3) is 0 Å². The summed E-state index contributed by atoms with van der Waals surface area (Å²) in [6.07, 6.45) is 1.37. The number of H-pyrrole nitrogens is 2. The van der Waals surface area contributed by atoms with Crippen LogP contribution in [0.15, 0.2) is 41.2 Å². The number of aromatic hydroxyl groups is 1. The maximum atomic E-state index is 12.3. The molecule has 0 fully saturated rings. The van der Waals surface area contributed by atoms with Crippen molar-refractivity contribution in [1.29, 1.82) is 0 Å². The lowest BCUT2D eigenvalue weighted by atomic mass is 10.0. The highest BCUT2D eigenvalue weighted by molar-refractivity contribution is 5.79. The number of rotatable bonds is 6. The van der Waals surface area contributed by atoms with Gasteiger partial charge < -0.3 is 24.9 Å². The quantitative estimate of drug-likeness (QED) is 0.496. The van der Waals surface area contributed by atoms with Crippen molar-refractivity contribution in [1.82, 2.24) is 15.3 Å². The molecule has 8 heteroatoms. The number of amides is 1. The van der Waals surface area contributed by atoms with E-state index in [-0.39, 0.29) is 29.9 Å². The molecular weight excluding hydrogens is 386 g/mol. The summed E-state index contributed by atoms with van der Waals surface area (Å²) in [4.78, 5) is 28.1. The van der Waals surface area contributed by atoms with Crippen molar-refractivity contribution in [3.8, 4) is 28.5 Å². The molecule has 1 atom stereocenters. The zero-order chi connectivity index (χ0) is 21.3. The van der Waals surface area contributed by atoms with Crippen molar-refractivity contribution in [3.63, 3.8) is 0 Å². The molecule has 156 valence electrons. The predicted octanol–water partition coefficient (Wildman–Crippen LogP) is 1.92. The minimum Gasteiger partial charge on any atom is -0.493 e. The SMILES string of the molecule is COc1ccc(-c2ccc3c(c2)CC(NC(=O)Cc2[nH]c(=O)[nH]c2O)C3)cc1OC. The highest BCUT2D eigenvalue weighted by atomic mass is 16.5. The number of carbonyl (C=O) groups excluding carboxylic acids is 1. The van der Waals surface area contributed by atoms with Gasteiger partial charge in [0.2, 0.25) is 11.8 Å². The van der Waals surface area contributed by atoms with Crippen LogP contribution in [0.2, 0.25) is 0 Å². The Kier molecular flexibility index (Phi) is 5.22. The van der Waals surface area contributed by atoms with E-state index in [0.717, 1.165) is 24.0 Å². The van der Waals surface area contributed by atoms with E-state index in [4.69, 9.17) is 9.47 Å². The summed E-state index contributed by atoms with van der Waals surface area (Å²) in [5.74, 6) is 0.801. The zero-order valence-electron chi connectivity index (χ0n) is 16.7. The topological polar surface area (TPSA) is 116 Å². The molecule has 2 aromatic carbocycles. The third kappa shape index (κ3) is 3.89. The highest BCUT2D eigenvalue weighted by Crippen LogP contribution is 2.34. The number of hydrogen-bond donors (Lipinski definition) is 4. The molecule has 1 heterocycles. The maximum Gasteiger partial charge on any atom is 0.325 e. The lowest BCUT2D eigenvalue weighted by Crippen LogP contribution is -2.36. The molecule has 0 aliphatic heterocycles. The van der Waals surface area contributed by atoms with E-state index in [9.17, 15) is 14.7 Å². The average molecular weight is 409 g/mol. The number of hydrogen-bond acceptors (Lipinski definition) is 5. The molecule has 0 saturated heterocycles. The van der Waals surface area contributed by atoms with Gasteiger partial charge in [-0.2, -0.15) is 0 Å². The largest absolute Gasteiger partial charge is 0.493 e. The third-order valence-electron chi connectivity index (χ3n) is 5.34. The van der Waals surface area contributed by atoms with Crippen LogP contribution in [0.3, 0.4) is 0 Å². The maximum absolute atomic E-state index is 12.3. The summed E-state index contributed by atoms with van der Waals surface area (Å²) >= 11 is 0. The van der Waals surface area contributed by atoms with Crippen LogP contribution < -0.4 is 20.5 Å². The number of carbonyl (C=O) groups is 1. The summed E-state index contributed by atoms with van der Waals surface area (Å²) in [5.41, 5.74) is 4.12. The number of benzene rings is 2. The molecule has 0 spiro atoms. The Balaban J connectivity index is 1.45. The second kappa shape index (κ2) is 7.98. The van der Waals surface area contributed by atoms with Gasteiger partial charge in [-0.15, -0.1) is 0 Å². The van der Waals surface area contributed by atoms with Gasteiger partial charge in [-0.25, -0.2) is 4.79 Å². The van der Waals surface area contributed by atoms with Crippen molar-refractivity contribution in [2.45, 2.75) is 25.3 Å². The molecule has 1 aliphatic carbocycles. The van der Waals surface area contributed by atoms with Crippen LogP contribution in [0.4, 0.5) is 0 Å². The fraction of sp³-hybridized carbons (Fsp3) is 0.273. The lowest BCUT2D eigenvalue weighted by Gasteiger charge is -2.11. The Morgan fingerprint density at radius 2 is 1.73 bits per heavy atom. The molecule has 1 unspecified atom stereocenters. The first-order valence-corrected chi connectivity index (χ1v) is 9.60. The number of aromatic amines is 2. The first-order chi connectivity index (χ1) is 14.5. The van der Waals surface area contributed by atoms with Gasteiger partial charge in [0.1, 0.15) is 0 Å². The smallest absolute Gasteiger partial charge is 0.325 e.